The van der Waals surface area contributed by atoms with Crippen molar-refractivity contribution in [3.05, 3.63) is 0 Å². The molecular weight excluding hydrogens is 348 g/mol. The van der Waals surface area contributed by atoms with E-state index in [1.807, 2.05) is 9.80 Å². The Kier molecular flexibility index (Phi) is 14.3. The van der Waals surface area contributed by atoms with Crippen LogP contribution in [0, 0.1) is 0 Å². The summed E-state index contributed by atoms with van der Waals surface area (Å²) >= 11 is 0. The first kappa shape index (κ1) is 26.9. The van der Waals surface area contributed by atoms with Crippen molar-refractivity contribution in [2.75, 3.05) is 0 Å². The van der Waals surface area contributed by atoms with Gasteiger partial charge in [0.15, 0.2) is 0 Å². The zero-order chi connectivity index (χ0) is 21.7. The maximum atomic E-state index is 12.3. The molecule has 0 bridgehead atoms. The lowest BCUT2D eigenvalue weighted by Crippen LogP contribution is -2.41. The minimum atomic E-state index is 0.285. The molecule has 0 aliphatic carbocycles. The second-order valence-corrected chi connectivity index (χ2v) is 9.31. The first-order valence-electron chi connectivity index (χ1n) is 11.7. The monoisotopic (exact) mass is 396 g/mol. The van der Waals surface area contributed by atoms with Gasteiger partial charge in [-0.25, -0.2) is 0 Å². The summed E-state index contributed by atoms with van der Waals surface area (Å²) in [6.07, 6.45) is 10.6. The average Bonchev–Trinajstić information content (AvgIpc) is 2.55. The molecule has 0 aromatic carbocycles. The summed E-state index contributed by atoms with van der Waals surface area (Å²) in [6.45, 7) is 16.7. The van der Waals surface area contributed by atoms with Crippen molar-refractivity contribution in [2.24, 2.45) is 0 Å². The molecule has 0 spiro atoms. The van der Waals surface area contributed by atoms with Gasteiger partial charge in [0.25, 0.3) is 0 Å². The van der Waals surface area contributed by atoms with E-state index in [9.17, 15) is 9.59 Å². The van der Waals surface area contributed by atoms with E-state index in [-0.39, 0.29) is 24.2 Å². The summed E-state index contributed by atoms with van der Waals surface area (Å²) in [5, 5.41) is 0. The Morgan fingerprint density at radius 3 is 0.893 bits per heavy atom. The smallest absolute Gasteiger partial charge is 0.223 e. The van der Waals surface area contributed by atoms with Crippen LogP contribution < -0.4 is 0 Å². The summed E-state index contributed by atoms with van der Waals surface area (Å²) in [7, 11) is 0. The van der Waals surface area contributed by atoms with Crippen LogP contribution in [0.4, 0.5) is 0 Å². The molecule has 0 saturated carbocycles. The van der Waals surface area contributed by atoms with Gasteiger partial charge < -0.3 is 9.80 Å². The fourth-order valence-corrected chi connectivity index (χ4v) is 4.22. The molecule has 4 nitrogen and oxygen atoms in total. The van der Waals surface area contributed by atoms with E-state index in [0.717, 1.165) is 25.7 Å². The largest absolute Gasteiger partial charge is 0.338 e. The van der Waals surface area contributed by atoms with Crippen LogP contribution in [0.2, 0.25) is 0 Å². The number of carbonyl (C=O) groups is 2. The van der Waals surface area contributed by atoms with Crippen molar-refractivity contribution in [2.45, 2.75) is 144 Å². The van der Waals surface area contributed by atoms with Crippen LogP contribution in [0.25, 0.3) is 0 Å². The van der Waals surface area contributed by atoms with Crippen molar-refractivity contribution < 1.29 is 9.59 Å². The standard InChI is InChI=1S/C24H48N2O2/c1-19(2)25(20(3)4)23(27)17-15-13-11-9-10-12-14-16-18-24(28)26(21(5)6)22(7)8/h19-22H,9-18H2,1-8H3. The summed E-state index contributed by atoms with van der Waals surface area (Å²) < 4.78 is 0. The van der Waals surface area contributed by atoms with Crippen LogP contribution in [0.3, 0.4) is 0 Å². The highest BCUT2D eigenvalue weighted by Crippen LogP contribution is 2.15. The summed E-state index contributed by atoms with van der Waals surface area (Å²) in [4.78, 5) is 28.6. The van der Waals surface area contributed by atoms with Crippen molar-refractivity contribution in [1.29, 1.82) is 0 Å². The Morgan fingerprint density at radius 2 is 0.679 bits per heavy atom. The van der Waals surface area contributed by atoms with Gasteiger partial charge in [-0.05, 0) is 68.2 Å². The Labute approximate surface area is 175 Å². The van der Waals surface area contributed by atoms with Crippen LogP contribution >= 0.6 is 0 Å². The number of hydrogen-bond donors (Lipinski definition) is 0. The molecule has 0 atom stereocenters. The van der Waals surface area contributed by atoms with Crippen LogP contribution in [0.1, 0.15) is 120 Å². The minimum Gasteiger partial charge on any atom is -0.338 e. The molecule has 0 heterocycles. The highest BCUT2D eigenvalue weighted by Gasteiger charge is 2.20. The van der Waals surface area contributed by atoms with E-state index in [1.54, 1.807) is 0 Å². The lowest BCUT2D eigenvalue weighted by molar-refractivity contribution is -0.135. The highest BCUT2D eigenvalue weighted by molar-refractivity contribution is 5.77. The van der Waals surface area contributed by atoms with Gasteiger partial charge >= 0.3 is 0 Å². The predicted octanol–water partition coefficient (Wildman–Crippen LogP) is 6.18. The molecule has 2 amide bonds. The topological polar surface area (TPSA) is 40.6 Å². The molecule has 0 N–H and O–H groups in total. The molecule has 0 fully saturated rings. The number of amides is 2. The number of nitrogens with zero attached hydrogens (tertiary/aromatic N) is 2. The first-order valence-corrected chi connectivity index (χ1v) is 11.7. The Balaban J connectivity index is 3.73. The molecule has 0 rings (SSSR count). The minimum absolute atomic E-state index is 0.285. The fraction of sp³-hybridized carbons (Fsp3) is 0.917. The quantitative estimate of drug-likeness (QED) is 0.310. The van der Waals surface area contributed by atoms with Gasteiger partial charge in [0.05, 0.1) is 0 Å². The second-order valence-electron chi connectivity index (χ2n) is 9.31. The third-order valence-corrected chi connectivity index (χ3v) is 5.33. The molecule has 0 aromatic heterocycles. The van der Waals surface area contributed by atoms with Crippen molar-refractivity contribution in [1.82, 2.24) is 9.80 Å². The molecule has 0 aliphatic rings. The molecule has 28 heavy (non-hydrogen) atoms. The molecule has 0 aliphatic heterocycles. The molecule has 0 unspecified atom stereocenters. The molecular formula is C24H48N2O2. The maximum Gasteiger partial charge on any atom is 0.223 e. The van der Waals surface area contributed by atoms with Crippen LogP contribution in [0.15, 0.2) is 0 Å². The van der Waals surface area contributed by atoms with Crippen LogP contribution in [-0.4, -0.2) is 45.8 Å². The summed E-state index contributed by atoms with van der Waals surface area (Å²) in [5.41, 5.74) is 0. The van der Waals surface area contributed by atoms with E-state index in [2.05, 4.69) is 55.4 Å². The molecule has 166 valence electrons. The number of hydrogen-bond acceptors (Lipinski definition) is 2. The van der Waals surface area contributed by atoms with E-state index in [4.69, 9.17) is 0 Å². The molecule has 0 aromatic rings. The van der Waals surface area contributed by atoms with Crippen molar-refractivity contribution in [3.8, 4) is 0 Å². The van der Waals surface area contributed by atoms with Crippen molar-refractivity contribution >= 4 is 11.8 Å². The molecule has 0 radical (unpaired) electrons. The van der Waals surface area contributed by atoms with Gasteiger partial charge in [-0.2, -0.15) is 0 Å². The normalized spacial score (nSPS) is 11.7. The summed E-state index contributed by atoms with van der Waals surface area (Å²) in [5.74, 6) is 0.595. The van der Waals surface area contributed by atoms with E-state index >= 15 is 0 Å². The third-order valence-electron chi connectivity index (χ3n) is 5.33. The van der Waals surface area contributed by atoms with Gasteiger partial charge in [0, 0.05) is 37.0 Å². The number of carbonyl (C=O) groups excluding carboxylic acids is 2. The van der Waals surface area contributed by atoms with E-state index in [1.165, 1.54) is 25.7 Å². The summed E-state index contributed by atoms with van der Waals surface area (Å²) in [6, 6.07) is 1.14. The highest BCUT2D eigenvalue weighted by atomic mass is 16.2. The van der Waals surface area contributed by atoms with Gasteiger partial charge in [0.2, 0.25) is 11.8 Å². The van der Waals surface area contributed by atoms with Gasteiger partial charge in [0.1, 0.15) is 0 Å². The maximum absolute atomic E-state index is 12.3. The fourth-order valence-electron chi connectivity index (χ4n) is 4.22. The third kappa shape index (κ3) is 11.1. The number of rotatable bonds is 15. The Bertz CT molecular complexity index is 374. The lowest BCUT2D eigenvalue weighted by atomic mass is 10.0. The van der Waals surface area contributed by atoms with Gasteiger partial charge in [-0.1, -0.05) is 38.5 Å². The second kappa shape index (κ2) is 14.9. The average molecular weight is 397 g/mol. The van der Waals surface area contributed by atoms with Crippen molar-refractivity contribution in [3.63, 3.8) is 0 Å². The zero-order valence-corrected chi connectivity index (χ0v) is 20.1. The Hall–Kier alpha value is -1.06. The van der Waals surface area contributed by atoms with Crippen LogP contribution in [0.5, 0.6) is 0 Å². The first-order chi connectivity index (χ1) is 13.1. The van der Waals surface area contributed by atoms with E-state index in [0.29, 0.717) is 24.7 Å². The molecule has 4 heteroatoms. The SMILES string of the molecule is CC(C)N(C(=O)CCCCCCCCCCC(=O)N(C(C)C)C(C)C)C(C)C. The van der Waals surface area contributed by atoms with E-state index < -0.39 is 0 Å². The Morgan fingerprint density at radius 1 is 0.464 bits per heavy atom. The van der Waals surface area contributed by atoms with Gasteiger partial charge in [-0.3, -0.25) is 9.59 Å². The van der Waals surface area contributed by atoms with Gasteiger partial charge in [-0.15, -0.1) is 0 Å². The zero-order valence-electron chi connectivity index (χ0n) is 20.1. The van der Waals surface area contributed by atoms with Crippen LogP contribution in [-0.2, 0) is 9.59 Å². The predicted molar refractivity (Wildman–Crippen MR) is 120 cm³/mol. The lowest BCUT2D eigenvalue weighted by Gasteiger charge is -2.31. The molecule has 0 saturated heterocycles. The number of unbranched alkanes of at least 4 members (excludes halogenated alkanes) is 7.